The smallest absolute Gasteiger partial charge is 0.326 e. The number of carboxylic acids is 1. The lowest BCUT2D eigenvalue weighted by atomic mass is 10.0. The van der Waals surface area contributed by atoms with Crippen LogP contribution in [0.2, 0.25) is 0 Å². The molecular weight excluding hydrogens is 280 g/mol. The zero-order valence-electron chi connectivity index (χ0n) is 13.8. The number of benzene rings is 1. The molecule has 1 atom stereocenters. The normalized spacial score (nSPS) is 12.0. The zero-order valence-corrected chi connectivity index (χ0v) is 13.8. The van der Waals surface area contributed by atoms with E-state index >= 15 is 0 Å². The zero-order chi connectivity index (χ0) is 16.7. The van der Waals surface area contributed by atoms with Gasteiger partial charge in [-0.15, -0.1) is 0 Å². The lowest BCUT2D eigenvalue weighted by Gasteiger charge is -2.17. The molecule has 0 heterocycles. The Morgan fingerprint density at radius 2 is 1.95 bits per heavy atom. The summed E-state index contributed by atoms with van der Waals surface area (Å²) in [5.41, 5.74) is 2.15. The van der Waals surface area contributed by atoms with E-state index in [-0.39, 0.29) is 11.8 Å². The van der Waals surface area contributed by atoms with Crippen molar-refractivity contribution in [1.82, 2.24) is 5.32 Å². The third kappa shape index (κ3) is 6.16. The van der Waals surface area contributed by atoms with Crippen LogP contribution in [-0.4, -0.2) is 37.1 Å². The summed E-state index contributed by atoms with van der Waals surface area (Å²) in [7, 11) is 3.93. The van der Waals surface area contributed by atoms with Crippen molar-refractivity contribution in [3.63, 3.8) is 0 Å². The van der Waals surface area contributed by atoms with E-state index in [1.807, 2.05) is 57.1 Å². The number of amides is 1. The van der Waals surface area contributed by atoms with Crippen LogP contribution in [0.5, 0.6) is 0 Å². The second-order valence-electron chi connectivity index (χ2n) is 6.15. The van der Waals surface area contributed by atoms with E-state index in [2.05, 4.69) is 5.32 Å². The van der Waals surface area contributed by atoms with E-state index < -0.39 is 12.0 Å². The molecule has 0 fully saturated rings. The summed E-state index contributed by atoms with van der Waals surface area (Å²) in [4.78, 5) is 25.1. The van der Waals surface area contributed by atoms with Crippen LogP contribution in [0.4, 0.5) is 5.69 Å². The van der Waals surface area contributed by atoms with Crippen LogP contribution in [0.25, 0.3) is 0 Å². The number of carbonyl (C=O) groups is 2. The van der Waals surface area contributed by atoms with Crippen LogP contribution in [-0.2, 0) is 16.0 Å². The molecule has 0 aliphatic carbocycles. The van der Waals surface area contributed by atoms with Crippen molar-refractivity contribution >= 4 is 17.6 Å². The number of nitrogens with zero attached hydrogens (tertiary/aromatic N) is 1. The van der Waals surface area contributed by atoms with Crippen LogP contribution < -0.4 is 10.2 Å². The lowest BCUT2D eigenvalue weighted by molar-refractivity contribution is -0.142. The lowest BCUT2D eigenvalue weighted by Crippen LogP contribution is -2.41. The SMILES string of the molecule is CC(C)C[C@H](NC(=O)CCc1cccc(N(C)C)c1)C(=O)O. The Morgan fingerprint density at radius 3 is 2.50 bits per heavy atom. The average molecular weight is 306 g/mol. The number of carbonyl (C=O) groups excluding carboxylic acids is 1. The molecule has 1 aromatic rings. The molecule has 2 N–H and O–H groups in total. The van der Waals surface area contributed by atoms with Crippen molar-refractivity contribution in [1.29, 1.82) is 0 Å². The average Bonchev–Trinajstić information content (AvgIpc) is 2.44. The molecule has 5 nitrogen and oxygen atoms in total. The molecular formula is C17H26N2O3. The summed E-state index contributed by atoms with van der Waals surface area (Å²) >= 11 is 0. The van der Waals surface area contributed by atoms with E-state index in [1.54, 1.807) is 0 Å². The van der Waals surface area contributed by atoms with Crippen LogP contribution in [0, 0.1) is 5.92 Å². The minimum atomic E-state index is -0.975. The molecule has 1 rings (SSSR count). The summed E-state index contributed by atoms with van der Waals surface area (Å²) in [5, 5.41) is 11.7. The molecule has 0 saturated heterocycles. The van der Waals surface area contributed by atoms with Crippen LogP contribution >= 0.6 is 0 Å². The van der Waals surface area contributed by atoms with Gasteiger partial charge in [0.15, 0.2) is 0 Å². The van der Waals surface area contributed by atoms with Crippen LogP contribution in [0.15, 0.2) is 24.3 Å². The van der Waals surface area contributed by atoms with Crippen molar-refractivity contribution in [2.24, 2.45) is 5.92 Å². The van der Waals surface area contributed by atoms with Gasteiger partial charge in [0.05, 0.1) is 0 Å². The van der Waals surface area contributed by atoms with Gasteiger partial charge in [0.1, 0.15) is 6.04 Å². The van der Waals surface area contributed by atoms with Gasteiger partial charge in [-0.1, -0.05) is 26.0 Å². The van der Waals surface area contributed by atoms with Gasteiger partial charge >= 0.3 is 5.97 Å². The van der Waals surface area contributed by atoms with Gasteiger partial charge in [-0.3, -0.25) is 4.79 Å². The molecule has 1 aromatic carbocycles. The molecule has 0 spiro atoms. The largest absolute Gasteiger partial charge is 0.480 e. The van der Waals surface area contributed by atoms with Gasteiger partial charge in [-0.05, 0) is 36.5 Å². The highest BCUT2D eigenvalue weighted by Crippen LogP contribution is 2.14. The predicted molar refractivity (Wildman–Crippen MR) is 88.1 cm³/mol. The molecule has 0 unspecified atom stereocenters. The van der Waals surface area contributed by atoms with E-state index in [0.717, 1.165) is 11.3 Å². The van der Waals surface area contributed by atoms with E-state index in [9.17, 15) is 9.59 Å². The van der Waals surface area contributed by atoms with Gasteiger partial charge in [0.25, 0.3) is 0 Å². The minimum absolute atomic E-state index is 0.219. The second kappa shape index (κ2) is 8.41. The number of hydrogen-bond acceptors (Lipinski definition) is 3. The first kappa shape index (κ1) is 18.0. The van der Waals surface area contributed by atoms with Crippen LogP contribution in [0.1, 0.15) is 32.3 Å². The highest BCUT2D eigenvalue weighted by molar-refractivity contribution is 5.83. The van der Waals surface area contributed by atoms with Crippen molar-refractivity contribution in [3.05, 3.63) is 29.8 Å². The van der Waals surface area contributed by atoms with E-state index in [4.69, 9.17) is 5.11 Å². The fraction of sp³-hybridized carbons (Fsp3) is 0.529. The third-order valence-corrected chi connectivity index (χ3v) is 3.41. The quantitative estimate of drug-likeness (QED) is 0.773. The number of rotatable bonds is 8. The molecule has 0 aliphatic rings. The van der Waals surface area contributed by atoms with Gasteiger partial charge in [0.2, 0.25) is 5.91 Å². The van der Waals surface area contributed by atoms with Crippen molar-refractivity contribution in [2.75, 3.05) is 19.0 Å². The maximum absolute atomic E-state index is 11.9. The number of nitrogens with one attached hydrogen (secondary N) is 1. The highest BCUT2D eigenvalue weighted by atomic mass is 16.4. The molecule has 22 heavy (non-hydrogen) atoms. The molecule has 0 radical (unpaired) electrons. The Balaban J connectivity index is 2.54. The Labute approximate surface area is 132 Å². The molecule has 0 bridgehead atoms. The molecule has 0 saturated carbocycles. The number of aliphatic carboxylic acids is 1. The fourth-order valence-electron chi connectivity index (χ4n) is 2.21. The van der Waals surface area contributed by atoms with Gasteiger partial charge < -0.3 is 15.3 Å². The van der Waals surface area contributed by atoms with Gasteiger partial charge in [-0.25, -0.2) is 4.79 Å². The number of aryl methyl sites for hydroxylation is 1. The molecule has 0 aromatic heterocycles. The monoisotopic (exact) mass is 306 g/mol. The maximum atomic E-state index is 11.9. The first-order valence-electron chi connectivity index (χ1n) is 7.58. The standard InChI is InChI=1S/C17H26N2O3/c1-12(2)10-15(17(21)22)18-16(20)9-8-13-6-5-7-14(11-13)19(3)4/h5-7,11-12,15H,8-10H2,1-4H3,(H,18,20)(H,21,22)/t15-/m0/s1. The Kier molecular flexibility index (Phi) is 6.89. The Hall–Kier alpha value is -2.04. The van der Waals surface area contributed by atoms with Crippen LogP contribution in [0.3, 0.4) is 0 Å². The van der Waals surface area contributed by atoms with Crippen molar-refractivity contribution in [3.8, 4) is 0 Å². The molecule has 5 heteroatoms. The van der Waals surface area contributed by atoms with Crippen molar-refractivity contribution < 1.29 is 14.7 Å². The second-order valence-corrected chi connectivity index (χ2v) is 6.15. The molecule has 0 aliphatic heterocycles. The van der Waals surface area contributed by atoms with E-state index in [1.165, 1.54) is 0 Å². The van der Waals surface area contributed by atoms with E-state index in [0.29, 0.717) is 19.3 Å². The topological polar surface area (TPSA) is 69.6 Å². The summed E-state index contributed by atoms with van der Waals surface area (Å²) < 4.78 is 0. The number of anilines is 1. The maximum Gasteiger partial charge on any atom is 0.326 e. The summed E-state index contributed by atoms with van der Waals surface area (Å²) in [5.74, 6) is -0.974. The van der Waals surface area contributed by atoms with Gasteiger partial charge in [0, 0.05) is 26.2 Å². The summed E-state index contributed by atoms with van der Waals surface area (Å²) in [6.07, 6.45) is 1.33. The third-order valence-electron chi connectivity index (χ3n) is 3.41. The number of carboxylic acid groups (broad SMARTS) is 1. The van der Waals surface area contributed by atoms with Crippen molar-refractivity contribution in [2.45, 2.75) is 39.2 Å². The predicted octanol–water partition coefficient (Wildman–Crippen LogP) is 2.30. The first-order chi connectivity index (χ1) is 10.3. The molecule has 122 valence electrons. The minimum Gasteiger partial charge on any atom is -0.480 e. The fourth-order valence-corrected chi connectivity index (χ4v) is 2.21. The Bertz CT molecular complexity index is 512. The number of hydrogen-bond donors (Lipinski definition) is 2. The summed E-state index contributed by atoms with van der Waals surface area (Å²) in [6.45, 7) is 3.88. The molecule has 1 amide bonds. The highest BCUT2D eigenvalue weighted by Gasteiger charge is 2.20. The Morgan fingerprint density at radius 1 is 1.27 bits per heavy atom. The summed E-state index contributed by atoms with van der Waals surface area (Å²) in [6, 6.07) is 7.17. The van der Waals surface area contributed by atoms with Gasteiger partial charge in [-0.2, -0.15) is 0 Å². The first-order valence-corrected chi connectivity index (χ1v) is 7.58.